The van der Waals surface area contributed by atoms with E-state index in [1.807, 2.05) is 6.92 Å². The second-order valence-electron chi connectivity index (χ2n) is 4.40. The first-order valence-electron chi connectivity index (χ1n) is 6.98. The highest BCUT2D eigenvalue weighted by atomic mass is 32.1. The van der Waals surface area contributed by atoms with E-state index in [1.54, 1.807) is 18.4 Å². The van der Waals surface area contributed by atoms with Crippen molar-refractivity contribution >= 4 is 23.2 Å². The molecule has 0 atom stereocenters. The van der Waals surface area contributed by atoms with Gasteiger partial charge in [-0.15, -0.1) is 11.3 Å². The van der Waals surface area contributed by atoms with Gasteiger partial charge in [0.2, 0.25) is 5.91 Å². The molecule has 0 unspecified atom stereocenters. The molecule has 0 spiro atoms. The van der Waals surface area contributed by atoms with Gasteiger partial charge >= 0.3 is 0 Å². The Labute approximate surface area is 130 Å². The molecular formula is C14H24N4O2S. The summed E-state index contributed by atoms with van der Waals surface area (Å²) in [7, 11) is 1.60. The van der Waals surface area contributed by atoms with Gasteiger partial charge in [-0.1, -0.05) is 0 Å². The molecule has 118 valence electrons. The van der Waals surface area contributed by atoms with Gasteiger partial charge < -0.3 is 20.7 Å². The van der Waals surface area contributed by atoms with E-state index in [0.29, 0.717) is 25.7 Å². The molecule has 0 radical (unpaired) electrons. The molecule has 7 heteroatoms. The number of aliphatic imine (C=N–C) groups is 1. The molecular weight excluding hydrogens is 288 g/mol. The fourth-order valence-electron chi connectivity index (χ4n) is 1.59. The summed E-state index contributed by atoms with van der Waals surface area (Å²) in [6.45, 7) is 6.64. The van der Waals surface area contributed by atoms with E-state index in [-0.39, 0.29) is 12.5 Å². The fourth-order valence-corrected chi connectivity index (χ4v) is 2.42. The molecule has 0 aliphatic heterocycles. The molecule has 1 heterocycles. The first-order valence-corrected chi connectivity index (χ1v) is 7.80. The largest absolute Gasteiger partial charge is 0.383 e. The molecule has 0 bridgehead atoms. The number of thiophene rings is 1. The van der Waals surface area contributed by atoms with Crippen LogP contribution >= 0.6 is 11.3 Å². The number of amides is 1. The topological polar surface area (TPSA) is 74.8 Å². The SMILES string of the molecule is CCNC(=NCC(=O)NCCOC)NCc1ccc(C)s1. The quantitative estimate of drug-likeness (QED) is 0.378. The summed E-state index contributed by atoms with van der Waals surface area (Å²) in [5, 5.41) is 9.07. The number of methoxy groups -OCH3 is 1. The minimum absolute atomic E-state index is 0.0997. The lowest BCUT2D eigenvalue weighted by Gasteiger charge is -2.10. The lowest BCUT2D eigenvalue weighted by Crippen LogP contribution is -2.38. The van der Waals surface area contributed by atoms with Crippen molar-refractivity contribution in [3.8, 4) is 0 Å². The Hall–Kier alpha value is -1.60. The number of carbonyl (C=O) groups is 1. The van der Waals surface area contributed by atoms with Gasteiger partial charge in [0, 0.05) is 30.0 Å². The molecule has 0 aliphatic carbocycles. The number of aryl methyl sites for hydroxylation is 1. The molecule has 0 aliphatic rings. The molecule has 0 fully saturated rings. The predicted octanol–water partition coefficient (Wildman–Crippen LogP) is 0.874. The molecule has 1 aromatic rings. The normalized spacial score (nSPS) is 11.3. The van der Waals surface area contributed by atoms with Crippen molar-refractivity contribution in [2.24, 2.45) is 4.99 Å². The Morgan fingerprint density at radius 3 is 2.76 bits per heavy atom. The second-order valence-corrected chi connectivity index (χ2v) is 5.78. The number of rotatable bonds is 8. The van der Waals surface area contributed by atoms with Crippen molar-refractivity contribution < 1.29 is 9.53 Å². The minimum Gasteiger partial charge on any atom is -0.383 e. The average molecular weight is 312 g/mol. The molecule has 1 aromatic heterocycles. The zero-order chi connectivity index (χ0) is 15.5. The van der Waals surface area contributed by atoms with Gasteiger partial charge in [0.1, 0.15) is 6.54 Å². The van der Waals surface area contributed by atoms with Crippen LogP contribution in [0.25, 0.3) is 0 Å². The fraction of sp³-hybridized carbons (Fsp3) is 0.571. The number of hydrogen-bond donors (Lipinski definition) is 3. The minimum atomic E-state index is -0.115. The van der Waals surface area contributed by atoms with E-state index in [2.05, 4.69) is 40.0 Å². The number of nitrogens with one attached hydrogen (secondary N) is 3. The van der Waals surface area contributed by atoms with Gasteiger partial charge in [-0.25, -0.2) is 4.99 Å². The van der Waals surface area contributed by atoms with Crippen molar-refractivity contribution in [1.29, 1.82) is 0 Å². The van der Waals surface area contributed by atoms with E-state index in [1.165, 1.54) is 9.75 Å². The second kappa shape index (κ2) is 10.2. The predicted molar refractivity (Wildman–Crippen MR) is 86.8 cm³/mol. The molecule has 0 saturated carbocycles. The van der Waals surface area contributed by atoms with Crippen LogP contribution in [0, 0.1) is 6.92 Å². The van der Waals surface area contributed by atoms with E-state index in [4.69, 9.17) is 4.74 Å². The summed E-state index contributed by atoms with van der Waals surface area (Å²) in [5.74, 6) is 0.529. The van der Waals surface area contributed by atoms with E-state index in [0.717, 1.165) is 6.54 Å². The van der Waals surface area contributed by atoms with Crippen LogP contribution in [-0.4, -0.2) is 45.2 Å². The summed E-state index contributed by atoms with van der Waals surface area (Å²) < 4.78 is 4.87. The van der Waals surface area contributed by atoms with Crippen molar-refractivity contribution in [3.05, 3.63) is 21.9 Å². The third kappa shape index (κ3) is 7.67. The summed E-state index contributed by atoms with van der Waals surface area (Å²) in [4.78, 5) is 18.4. The van der Waals surface area contributed by atoms with Gasteiger partial charge in [-0.2, -0.15) is 0 Å². The Kier molecular flexibility index (Phi) is 8.45. The maximum Gasteiger partial charge on any atom is 0.241 e. The van der Waals surface area contributed by atoms with Crippen LogP contribution in [0.5, 0.6) is 0 Å². The standard InChI is InChI=1S/C14H24N4O2S/c1-4-15-14(17-9-12-6-5-11(2)21-12)18-10-13(19)16-7-8-20-3/h5-6H,4,7-10H2,1-3H3,(H,16,19)(H2,15,17,18). The molecule has 0 saturated heterocycles. The Morgan fingerprint density at radius 2 is 2.14 bits per heavy atom. The highest BCUT2D eigenvalue weighted by molar-refractivity contribution is 7.11. The third-order valence-corrected chi connectivity index (χ3v) is 3.58. The van der Waals surface area contributed by atoms with Crippen molar-refractivity contribution in [2.75, 3.05) is 33.4 Å². The average Bonchev–Trinajstić information content (AvgIpc) is 2.88. The molecule has 6 nitrogen and oxygen atoms in total. The Bertz CT molecular complexity index is 460. The van der Waals surface area contributed by atoms with Crippen LogP contribution in [0.15, 0.2) is 17.1 Å². The maximum atomic E-state index is 11.6. The number of nitrogens with zero attached hydrogens (tertiary/aromatic N) is 1. The third-order valence-electron chi connectivity index (χ3n) is 2.58. The summed E-state index contributed by atoms with van der Waals surface area (Å²) in [5.41, 5.74) is 0. The van der Waals surface area contributed by atoms with E-state index in [9.17, 15) is 4.79 Å². The van der Waals surface area contributed by atoms with Crippen LogP contribution < -0.4 is 16.0 Å². The molecule has 0 aromatic carbocycles. The zero-order valence-electron chi connectivity index (χ0n) is 12.9. The van der Waals surface area contributed by atoms with Crippen LogP contribution in [0.2, 0.25) is 0 Å². The zero-order valence-corrected chi connectivity index (χ0v) is 13.7. The van der Waals surface area contributed by atoms with Gasteiger partial charge in [-0.05, 0) is 26.0 Å². The van der Waals surface area contributed by atoms with Crippen LogP contribution in [-0.2, 0) is 16.1 Å². The van der Waals surface area contributed by atoms with Gasteiger partial charge in [0.25, 0.3) is 0 Å². The summed E-state index contributed by atoms with van der Waals surface area (Å²) in [6, 6.07) is 4.18. The lowest BCUT2D eigenvalue weighted by atomic mass is 10.4. The molecule has 1 amide bonds. The van der Waals surface area contributed by atoms with Gasteiger partial charge in [0.15, 0.2) is 5.96 Å². The number of hydrogen-bond acceptors (Lipinski definition) is 4. The van der Waals surface area contributed by atoms with Crippen molar-refractivity contribution in [3.63, 3.8) is 0 Å². The summed E-state index contributed by atoms with van der Waals surface area (Å²) in [6.07, 6.45) is 0. The highest BCUT2D eigenvalue weighted by Crippen LogP contribution is 2.14. The summed E-state index contributed by atoms with van der Waals surface area (Å²) >= 11 is 1.75. The van der Waals surface area contributed by atoms with Gasteiger partial charge in [0.05, 0.1) is 13.2 Å². The highest BCUT2D eigenvalue weighted by Gasteiger charge is 2.03. The Balaban J connectivity index is 2.40. The maximum absolute atomic E-state index is 11.6. The van der Waals surface area contributed by atoms with Crippen LogP contribution in [0.1, 0.15) is 16.7 Å². The van der Waals surface area contributed by atoms with Crippen LogP contribution in [0.3, 0.4) is 0 Å². The van der Waals surface area contributed by atoms with E-state index >= 15 is 0 Å². The van der Waals surface area contributed by atoms with Crippen molar-refractivity contribution in [2.45, 2.75) is 20.4 Å². The van der Waals surface area contributed by atoms with Crippen LogP contribution in [0.4, 0.5) is 0 Å². The Morgan fingerprint density at radius 1 is 1.33 bits per heavy atom. The molecule has 3 N–H and O–H groups in total. The first-order chi connectivity index (χ1) is 10.2. The van der Waals surface area contributed by atoms with Gasteiger partial charge in [-0.3, -0.25) is 4.79 Å². The lowest BCUT2D eigenvalue weighted by molar-refractivity contribution is -0.119. The number of ether oxygens (including phenoxy) is 1. The first kappa shape index (κ1) is 17.5. The van der Waals surface area contributed by atoms with E-state index < -0.39 is 0 Å². The number of carbonyl (C=O) groups excluding carboxylic acids is 1. The molecule has 1 rings (SSSR count). The molecule has 21 heavy (non-hydrogen) atoms. The smallest absolute Gasteiger partial charge is 0.241 e. The van der Waals surface area contributed by atoms with Crippen molar-refractivity contribution in [1.82, 2.24) is 16.0 Å². The monoisotopic (exact) mass is 312 g/mol. The number of guanidine groups is 1.